The van der Waals surface area contributed by atoms with Gasteiger partial charge in [-0.3, -0.25) is 9.79 Å². The zero-order valence-corrected chi connectivity index (χ0v) is 21.4. The number of esters is 1. The number of rotatable bonds is 6. The summed E-state index contributed by atoms with van der Waals surface area (Å²) in [5.74, 6) is -0.207. The van der Waals surface area contributed by atoms with E-state index in [9.17, 15) is 9.59 Å². The number of carbonyl (C=O) groups excluding carboxylic acids is 2. The number of benzene rings is 2. The number of para-hydroxylation sites is 1. The van der Waals surface area contributed by atoms with Crippen LogP contribution in [0, 0.1) is 0 Å². The maximum atomic E-state index is 14.0. The van der Waals surface area contributed by atoms with Gasteiger partial charge in [0.2, 0.25) is 0 Å². The Morgan fingerprint density at radius 1 is 1.08 bits per heavy atom. The fourth-order valence-electron chi connectivity index (χ4n) is 5.93. The van der Waals surface area contributed by atoms with Gasteiger partial charge in [0.25, 0.3) is 0 Å². The first-order valence-electron chi connectivity index (χ1n) is 12.8. The number of fused-ring (bicyclic) bond motifs is 1. The van der Waals surface area contributed by atoms with Crippen LogP contribution in [0.15, 0.2) is 94.4 Å². The molecule has 0 radical (unpaired) electrons. The number of carbonyl (C=O) groups is 2. The Morgan fingerprint density at radius 2 is 1.92 bits per heavy atom. The summed E-state index contributed by atoms with van der Waals surface area (Å²) in [5, 5.41) is 4.41. The van der Waals surface area contributed by atoms with E-state index in [4.69, 9.17) is 9.47 Å². The van der Waals surface area contributed by atoms with Gasteiger partial charge in [0, 0.05) is 52.3 Å². The molecule has 38 heavy (non-hydrogen) atoms. The first-order chi connectivity index (χ1) is 18.5. The van der Waals surface area contributed by atoms with Gasteiger partial charge in [-0.05, 0) is 48.7 Å². The van der Waals surface area contributed by atoms with Gasteiger partial charge >= 0.3 is 5.97 Å². The van der Waals surface area contributed by atoms with Crippen molar-refractivity contribution in [2.45, 2.75) is 31.6 Å². The fourth-order valence-corrected chi connectivity index (χ4v) is 5.93. The van der Waals surface area contributed by atoms with Crippen molar-refractivity contribution in [3.05, 3.63) is 101 Å². The number of aromatic amines is 1. The highest BCUT2D eigenvalue weighted by Gasteiger charge is 2.42. The quantitative estimate of drug-likeness (QED) is 0.454. The summed E-state index contributed by atoms with van der Waals surface area (Å²) in [5.41, 5.74) is 6.26. The highest BCUT2D eigenvalue weighted by atomic mass is 16.5. The molecule has 2 aliphatic heterocycles. The van der Waals surface area contributed by atoms with Gasteiger partial charge < -0.3 is 19.8 Å². The molecule has 0 amide bonds. The second-order valence-corrected chi connectivity index (χ2v) is 9.86. The minimum absolute atomic E-state index is 0.0214. The number of aliphatic imine (C=N–C) groups is 1. The van der Waals surface area contributed by atoms with Crippen LogP contribution in [0.25, 0.3) is 10.9 Å². The van der Waals surface area contributed by atoms with E-state index < -0.39 is 11.9 Å². The number of aromatic nitrogens is 1. The molecule has 3 aromatic rings. The van der Waals surface area contributed by atoms with E-state index in [1.54, 1.807) is 7.11 Å². The molecule has 0 fully saturated rings. The number of ketones is 1. The molecule has 0 unspecified atom stereocenters. The first kappa shape index (κ1) is 24.0. The molecule has 3 aliphatic rings. The van der Waals surface area contributed by atoms with E-state index in [2.05, 4.69) is 15.3 Å². The van der Waals surface area contributed by atoms with Crippen LogP contribution in [0.4, 0.5) is 0 Å². The minimum atomic E-state index is -0.537. The summed E-state index contributed by atoms with van der Waals surface area (Å²) in [6.07, 6.45) is 6.66. The molecule has 7 heteroatoms. The zero-order valence-electron chi connectivity index (χ0n) is 21.4. The lowest BCUT2D eigenvalue weighted by atomic mass is 9.71. The van der Waals surface area contributed by atoms with Crippen LogP contribution in [-0.2, 0) is 14.3 Å². The summed E-state index contributed by atoms with van der Waals surface area (Å²) >= 11 is 0. The van der Waals surface area contributed by atoms with E-state index in [-0.39, 0.29) is 18.3 Å². The molecular formula is C31H29N3O4. The van der Waals surface area contributed by atoms with Crippen molar-refractivity contribution in [1.29, 1.82) is 0 Å². The third-order valence-corrected chi connectivity index (χ3v) is 7.63. The summed E-state index contributed by atoms with van der Waals surface area (Å²) in [7, 11) is 1.65. The van der Waals surface area contributed by atoms with Gasteiger partial charge in [-0.15, -0.1) is 0 Å². The smallest absolute Gasteiger partial charge is 0.337 e. The molecule has 7 nitrogen and oxygen atoms in total. The summed E-state index contributed by atoms with van der Waals surface area (Å²) < 4.78 is 11.3. The Hall–Kier alpha value is -4.39. The summed E-state index contributed by atoms with van der Waals surface area (Å²) in [6, 6.07) is 15.8. The van der Waals surface area contributed by atoms with Crippen LogP contribution in [0.3, 0.4) is 0 Å². The van der Waals surface area contributed by atoms with E-state index >= 15 is 0 Å². The molecule has 0 saturated carbocycles. The van der Waals surface area contributed by atoms with Crippen molar-refractivity contribution in [2.24, 2.45) is 4.99 Å². The number of allylic oxidation sites excluding steroid dienone is 3. The number of ether oxygens (including phenoxy) is 2. The molecular weight excluding hydrogens is 478 g/mol. The summed E-state index contributed by atoms with van der Waals surface area (Å²) in [4.78, 5) is 35.2. The van der Waals surface area contributed by atoms with Gasteiger partial charge in [-0.2, -0.15) is 0 Å². The Labute approximate surface area is 220 Å². The predicted molar refractivity (Wildman–Crippen MR) is 146 cm³/mol. The molecule has 2 atom stereocenters. The number of H-pyrrole nitrogens is 1. The molecule has 2 aromatic carbocycles. The molecule has 1 aromatic heterocycles. The van der Waals surface area contributed by atoms with Crippen LogP contribution in [0.1, 0.15) is 42.7 Å². The zero-order chi connectivity index (χ0) is 26.2. The number of nitrogens with one attached hydrogen (secondary N) is 2. The molecule has 2 N–H and O–H groups in total. The molecule has 6 rings (SSSR count). The van der Waals surface area contributed by atoms with Crippen molar-refractivity contribution < 1.29 is 19.1 Å². The van der Waals surface area contributed by atoms with Gasteiger partial charge in [-0.25, -0.2) is 4.79 Å². The van der Waals surface area contributed by atoms with Crippen LogP contribution in [-0.4, -0.2) is 42.7 Å². The number of hydrogen-bond acceptors (Lipinski definition) is 6. The van der Waals surface area contributed by atoms with E-state index in [0.717, 1.165) is 39.2 Å². The molecule has 1 aliphatic carbocycles. The van der Waals surface area contributed by atoms with Crippen molar-refractivity contribution in [1.82, 2.24) is 10.3 Å². The molecule has 3 heterocycles. The lowest BCUT2D eigenvalue weighted by molar-refractivity contribution is -0.137. The monoisotopic (exact) mass is 507 g/mol. The van der Waals surface area contributed by atoms with Gasteiger partial charge in [-0.1, -0.05) is 36.4 Å². The maximum absolute atomic E-state index is 14.0. The lowest BCUT2D eigenvalue weighted by Crippen LogP contribution is -2.36. The Kier molecular flexibility index (Phi) is 6.19. The average molecular weight is 508 g/mol. The SMILES string of the molecule is COc1ccccc1[C@H]1CC(=O)C2=C(C1)NC(C)=C(C(=O)OCC1=NCC=C1)[C@H]2c1cccc2[nH]ccc12. The highest BCUT2D eigenvalue weighted by Crippen LogP contribution is 2.48. The number of hydrogen-bond donors (Lipinski definition) is 2. The average Bonchev–Trinajstić information content (AvgIpc) is 3.63. The van der Waals surface area contributed by atoms with E-state index in [0.29, 0.717) is 36.2 Å². The third-order valence-electron chi connectivity index (χ3n) is 7.63. The second kappa shape index (κ2) is 9.82. The topological polar surface area (TPSA) is 92.8 Å². The predicted octanol–water partition coefficient (Wildman–Crippen LogP) is 5.09. The van der Waals surface area contributed by atoms with Crippen LogP contribution in [0.5, 0.6) is 5.75 Å². The van der Waals surface area contributed by atoms with E-state index in [1.165, 1.54) is 0 Å². The molecule has 0 saturated heterocycles. The molecule has 0 bridgehead atoms. The molecule has 192 valence electrons. The van der Waals surface area contributed by atoms with Gasteiger partial charge in [0.15, 0.2) is 5.78 Å². The second-order valence-electron chi connectivity index (χ2n) is 9.86. The lowest BCUT2D eigenvalue weighted by Gasteiger charge is -2.37. The summed E-state index contributed by atoms with van der Waals surface area (Å²) in [6.45, 7) is 2.59. The molecule has 0 spiro atoms. The number of Topliss-reactive ketones (excluding diaryl/α,β-unsaturated/α-hetero) is 1. The van der Waals surface area contributed by atoms with Crippen molar-refractivity contribution >= 4 is 28.4 Å². The van der Waals surface area contributed by atoms with Crippen LogP contribution >= 0.6 is 0 Å². The fraction of sp³-hybridized carbons (Fsp3) is 0.258. The number of methoxy groups -OCH3 is 1. The van der Waals surface area contributed by atoms with E-state index in [1.807, 2.05) is 73.8 Å². The van der Waals surface area contributed by atoms with Gasteiger partial charge in [0.1, 0.15) is 12.4 Å². The number of nitrogens with zero attached hydrogens (tertiary/aromatic N) is 1. The van der Waals surface area contributed by atoms with Gasteiger partial charge in [0.05, 0.1) is 24.9 Å². The normalized spacial score (nSPS) is 20.9. The van der Waals surface area contributed by atoms with Crippen molar-refractivity contribution in [3.8, 4) is 5.75 Å². The van der Waals surface area contributed by atoms with Crippen LogP contribution in [0.2, 0.25) is 0 Å². The minimum Gasteiger partial charge on any atom is -0.496 e. The largest absolute Gasteiger partial charge is 0.496 e. The maximum Gasteiger partial charge on any atom is 0.337 e. The first-order valence-corrected chi connectivity index (χ1v) is 12.8. The number of dihydropyridines is 1. The Balaban J connectivity index is 1.43. The Morgan fingerprint density at radius 3 is 2.74 bits per heavy atom. The standard InChI is InChI=1S/C31H29N3O4/c1-18-28(31(36)38-17-20-7-6-13-32-20)29(23-9-5-10-24-22(23)12-14-33-24)30-25(34-18)15-19(16-26(30)35)21-8-3-4-11-27(21)37-2/h3-12,14,19,29,33-34H,13,15-17H2,1-2H3/t19-,29-/m1/s1. The Bertz CT molecular complexity index is 1570. The van der Waals surface area contributed by atoms with Crippen molar-refractivity contribution in [2.75, 3.05) is 20.3 Å². The third kappa shape index (κ3) is 4.14. The van der Waals surface area contributed by atoms with Crippen molar-refractivity contribution in [3.63, 3.8) is 0 Å². The highest BCUT2D eigenvalue weighted by molar-refractivity contribution is 6.06. The van der Waals surface area contributed by atoms with Crippen LogP contribution < -0.4 is 10.1 Å².